The van der Waals surface area contributed by atoms with E-state index in [4.69, 9.17) is 4.74 Å². The molecule has 0 bridgehead atoms. The molecule has 0 aliphatic heterocycles. The van der Waals surface area contributed by atoms with Crippen LogP contribution in [0.5, 0.6) is 10.8 Å². The van der Waals surface area contributed by atoms with E-state index in [1.807, 2.05) is 12.1 Å². The third-order valence-corrected chi connectivity index (χ3v) is 4.24. The highest BCUT2D eigenvalue weighted by molar-refractivity contribution is 7.14. The van der Waals surface area contributed by atoms with E-state index in [-0.39, 0.29) is 10.8 Å². The van der Waals surface area contributed by atoms with E-state index >= 15 is 0 Å². The first kappa shape index (κ1) is 15.5. The number of aliphatic hydroxyl groups is 1. The van der Waals surface area contributed by atoms with Gasteiger partial charge in [0.2, 0.25) is 0 Å². The third kappa shape index (κ3) is 3.59. The zero-order valence-corrected chi connectivity index (χ0v) is 12.9. The molecule has 21 heavy (non-hydrogen) atoms. The van der Waals surface area contributed by atoms with Crippen molar-refractivity contribution >= 4 is 17.0 Å². The van der Waals surface area contributed by atoms with Crippen molar-refractivity contribution in [1.29, 1.82) is 0 Å². The predicted octanol–water partition coefficient (Wildman–Crippen LogP) is 4.63. The van der Waals surface area contributed by atoms with Gasteiger partial charge in [0.1, 0.15) is 5.75 Å². The minimum absolute atomic E-state index is 0.121. The molecule has 0 aliphatic rings. The lowest BCUT2D eigenvalue weighted by Crippen LogP contribution is -1.90. The lowest BCUT2D eigenvalue weighted by molar-refractivity contribution is -0.385. The van der Waals surface area contributed by atoms with Crippen molar-refractivity contribution in [3.63, 3.8) is 0 Å². The van der Waals surface area contributed by atoms with E-state index in [9.17, 15) is 15.2 Å². The Labute approximate surface area is 127 Å². The SMILES string of the molecule is CC(C)c1ccc(Oc2sc([C@@H](C)O)cc2[N+](=O)[O-])cc1. The topological polar surface area (TPSA) is 72.6 Å². The highest BCUT2D eigenvalue weighted by Crippen LogP contribution is 2.42. The van der Waals surface area contributed by atoms with Gasteiger partial charge in [0.05, 0.1) is 11.0 Å². The summed E-state index contributed by atoms with van der Waals surface area (Å²) in [6, 6.07) is 8.82. The second-order valence-corrected chi connectivity index (χ2v) is 6.13. The Bertz CT molecular complexity index is 632. The van der Waals surface area contributed by atoms with E-state index < -0.39 is 11.0 Å². The van der Waals surface area contributed by atoms with Crippen molar-refractivity contribution in [2.75, 3.05) is 0 Å². The molecule has 0 saturated carbocycles. The summed E-state index contributed by atoms with van der Waals surface area (Å²) in [5.41, 5.74) is 1.05. The van der Waals surface area contributed by atoms with Crippen LogP contribution < -0.4 is 4.74 Å². The maximum absolute atomic E-state index is 11.0. The molecular weight excluding hydrogens is 290 g/mol. The zero-order chi connectivity index (χ0) is 15.6. The Kier molecular flexibility index (Phi) is 4.59. The van der Waals surface area contributed by atoms with Crippen molar-refractivity contribution in [3.8, 4) is 10.8 Å². The van der Waals surface area contributed by atoms with Crippen LogP contribution in [0.3, 0.4) is 0 Å². The molecule has 1 heterocycles. The van der Waals surface area contributed by atoms with Crippen LogP contribution in [0.2, 0.25) is 0 Å². The number of nitrogens with zero attached hydrogens (tertiary/aromatic N) is 1. The first-order chi connectivity index (χ1) is 9.88. The van der Waals surface area contributed by atoms with Crippen molar-refractivity contribution in [3.05, 3.63) is 50.9 Å². The minimum atomic E-state index is -0.755. The fourth-order valence-corrected chi connectivity index (χ4v) is 2.75. The van der Waals surface area contributed by atoms with Crippen molar-refractivity contribution in [2.45, 2.75) is 32.8 Å². The maximum Gasteiger partial charge on any atom is 0.323 e. The molecule has 1 aromatic carbocycles. The summed E-state index contributed by atoms with van der Waals surface area (Å²) in [4.78, 5) is 11.1. The summed E-state index contributed by atoms with van der Waals surface area (Å²) >= 11 is 1.09. The van der Waals surface area contributed by atoms with Crippen LogP contribution in [0.15, 0.2) is 30.3 Å². The number of nitro groups is 1. The van der Waals surface area contributed by atoms with E-state index in [1.54, 1.807) is 19.1 Å². The highest BCUT2D eigenvalue weighted by atomic mass is 32.1. The number of hydrogen-bond acceptors (Lipinski definition) is 5. The number of ether oxygens (including phenoxy) is 1. The van der Waals surface area contributed by atoms with Gasteiger partial charge in [-0.25, -0.2) is 0 Å². The molecule has 0 spiro atoms. The minimum Gasteiger partial charge on any atom is -0.440 e. The molecule has 0 fully saturated rings. The van der Waals surface area contributed by atoms with Gasteiger partial charge in [-0.2, -0.15) is 0 Å². The lowest BCUT2D eigenvalue weighted by atomic mass is 10.0. The molecule has 0 amide bonds. The van der Waals surface area contributed by atoms with E-state index in [2.05, 4.69) is 13.8 Å². The Morgan fingerprint density at radius 2 is 1.86 bits per heavy atom. The lowest BCUT2D eigenvalue weighted by Gasteiger charge is -2.07. The molecule has 2 rings (SSSR count). The van der Waals surface area contributed by atoms with Crippen LogP contribution in [-0.4, -0.2) is 10.0 Å². The monoisotopic (exact) mass is 307 g/mol. The largest absolute Gasteiger partial charge is 0.440 e. The molecule has 1 atom stereocenters. The van der Waals surface area contributed by atoms with Gasteiger partial charge in [0.15, 0.2) is 0 Å². The smallest absolute Gasteiger partial charge is 0.323 e. The van der Waals surface area contributed by atoms with Crippen molar-refractivity contribution < 1.29 is 14.8 Å². The van der Waals surface area contributed by atoms with Gasteiger partial charge >= 0.3 is 5.69 Å². The average molecular weight is 307 g/mol. The van der Waals surface area contributed by atoms with Gasteiger partial charge in [-0.3, -0.25) is 10.1 Å². The highest BCUT2D eigenvalue weighted by Gasteiger charge is 2.23. The molecule has 6 heteroatoms. The Morgan fingerprint density at radius 1 is 1.24 bits per heavy atom. The second-order valence-electron chi connectivity index (χ2n) is 5.08. The molecule has 1 aromatic heterocycles. The van der Waals surface area contributed by atoms with E-state index in [1.165, 1.54) is 11.6 Å². The molecule has 112 valence electrons. The first-order valence-electron chi connectivity index (χ1n) is 6.62. The molecule has 1 N–H and O–H groups in total. The first-order valence-corrected chi connectivity index (χ1v) is 7.44. The number of benzene rings is 1. The number of aliphatic hydroxyl groups excluding tert-OH is 1. The van der Waals surface area contributed by atoms with Crippen LogP contribution in [0.1, 0.15) is 43.2 Å². The average Bonchev–Trinajstić information content (AvgIpc) is 2.83. The van der Waals surface area contributed by atoms with Crippen molar-refractivity contribution in [1.82, 2.24) is 0 Å². The van der Waals surface area contributed by atoms with Gasteiger partial charge in [0, 0.05) is 10.9 Å². The number of rotatable bonds is 5. The van der Waals surface area contributed by atoms with Gasteiger partial charge < -0.3 is 9.84 Å². The quantitative estimate of drug-likeness (QED) is 0.646. The summed E-state index contributed by atoms with van der Waals surface area (Å²) in [6.07, 6.45) is -0.755. The Balaban J connectivity index is 2.27. The molecule has 0 radical (unpaired) electrons. The second kappa shape index (κ2) is 6.24. The van der Waals surface area contributed by atoms with Crippen LogP contribution in [0, 0.1) is 10.1 Å². The van der Waals surface area contributed by atoms with Crippen LogP contribution >= 0.6 is 11.3 Å². The fraction of sp³-hybridized carbons (Fsp3) is 0.333. The summed E-state index contributed by atoms with van der Waals surface area (Å²) in [6.45, 7) is 5.75. The standard InChI is InChI=1S/C15H17NO4S/c1-9(2)11-4-6-12(7-5-11)20-15-13(16(18)19)8-14(21-15)10(3)17/h4-10,17H,1-3H3/t10-/m1/s1. The van der Waals surface area contributed by atoms with Crippen LogP contribution in [0.4, 0.5) is 5.69 Å². The van der Waals surface area contributed by atoms with Gasteiger partial charge in [-0.15, -0.1) is 0 Å². The Hall–Kier alpha value is -1.92. The Morgan fingerprint density at radius 3 is 2.33 bits per heavy atom. The van der Waals surface area contributed by atoms with Gasteiger partial charge in [-0.1, -0.05) is 37.3 Å². The molecule has 0 saturated heterocycles. The number of thiophene rings is 1. The maximum atomic E-state index is 11.0. The van der Waals surface area contributed by atoms with Gasteiger partial charge in [-0.05, 0) is 30.5 Å². The number of hydrogen-bond donors (Lipinski definition) is 1. The fourth-order valence-electron chi connectivity index (χ4n) is 1.82. The van der Waals surface area contributed by atoms with Crippen LogP contribution in [0.25, 0.3) is 0 Å². The van der Waals surface area contributed by atoms with Crippen LogP contribution in [-0.2, 0) is 0 Å². The molecule has 0 aliphatic carbocycles. The zero-order valence-electron chi connectivity index (χ0n) is 12.1. The molecule has 5 nitrogen and oxygen atoms in total. The third-order valence-electron chi connectivity index (χ3n) is 3.06. The van der Waals surface area contributed by atoms with E-state index in [0.29, 0.717) is 16.5 Å². The summed E-state index contributed by atoms with van der Waals surface area (Å²) in [7, 11) is 0. The van der Waals surface area contributed by atoms with Crippen molar-refractivity contribution in [2.24, 2.45) is 0 Å². The van der Waals surface area contributed by atoms with Gasteiger partial charge in [0.25, 0.3) is 5.06 Å². The molecule has 2 aromatic rings. The summed E-state index contributed by atoms with van der Waals surface area (Å²) in [5, 5.41) is 20.8. The van der Waals surface area contributed by atoms with E-state index in [0.717, 1.165) is 11.3 Å². The normalized spacial score (nSPS) is 12.4. The molecule has 0 unspecified atom stereocenters. The summed E-state index contributed by atoms with van der Waals surface area (Å²) < 4.78 is 5.60. The predicted molar refractivity (Wildman–Crippen MR) is 82.2 cm³/mol. The molecular formula is C15H17NO4S. The summed E-state index contributed by atoms with van der Waals surface area (Å²) in [5.74, 6) is 0.957.